The highest BCUT2D eigenvalue weighted by Gasteiger charge is 2.21. The van der Waals surface area contributed by atoms with Crippen LogP contribution in [0.15, 0.2) is 41.2 Å². The number of rotatable bonds is 4. The quantitative estimate of drug-likeness (QED) is 0.881. The van der Waals surface area contributed by atoms with Crippen LogP contribution < -0.4 is 10.9 Å². The van der Waals surface area contributed by atoms with Crippen LogP contribution in [0.5, 0.6) is 0 Å². The van der Waals surface area contributed by atoms with Gasteiger partial charge in [0.2, 0.25) is 0 Å². The number of hydrogen-bond donors (Lipinski definition) is 2. The van der Waals surface area contributed by atoms with Crippen molar-refractivity contribution in [1.29, 1.82) is 0 Å². The van der Waals surface area contributed by atoms with Crippen LogP contribution in [0.3, 0.4) is 0 Å². The Bertz CT molecular complexity index is 736. The zero-order chi connectivity index (χ0) is 16.2. The third kappa shape index (κ3) is 3.65. The van der Waals surface area contributed by atoms with Gasteiger partial charge >= 0.3 is 0 Å². The largest absolute Gasteiger partial charge is 0.349 e. The van der Waals surface area contributed by atoms with Gasteiger partial charge in [-0.15, -0.1) is 0 Å². The number of H-pyrrole nitrogens is 1. The van der Waals surface area contributed by atoms with Crippen LogP contribution in [0.2, 0.25) is 0 Å². The van der Waals surface area contributed by atoms with Crippen LogP contribution in [0.1, 0.15) is 28.5 Å². The number of nitrogens with zero attached hydrogens (tertiary/aromatic N) is 2. The Morgan fingerprint density at radius 1 is 1.30 bits per heavy atom. The van der Waals surface area contributed by atoms with E-state index in [4.69, 9.17) is 0 Å². The van der Waals surface area contributed by atoms with Crippen molar-refractivity contribution in [1.82, 2.24) is 20.4 Å². The third-order valence-electron chi connectivity index (χ3n) is 4.25. The van der Waals surface area contributed by atoms with Gasteiger partial charge in [-0.25, -0.2) is 5.10 Å². The van der Waals surface area contributed by atoms with Gasteiger partial charge in [-0.1, -0.05) is 24.3 Å². The SMILES string of the molecule is CC(CNC(=O)c1ccc(=O)[nH]n1)N1CCc2ccccc2C1. The highest BCUT2D eigenvalue weighted by Crippen LogP contribution is 2.19. The highest BCUT2D eigenvalue weighted by atomic mass is 16.2. The summed E-state index contributed by atoms with van der Waals surface area (Å²) in [7, 11) is 0. The molecule has 6 nitrogen and oxygen atoms in total. The summed E-state index contributed by atoms with van der Waals surface area (Å²) in [5.41, 5.74) is 2.68. The maximum absolute atomic E-state index is 12.0. The molecular formula is C17H20N4O2. The Labute approximate surface area is 134 Å². The van der Waals surface area contributed by atoms with E-state index < -0.39 is 0 Å². The first-order valence-electron chi connectivity index (χ1n) is 7.78. The van der Waals surface area contributed by atoms with Crippen molar-refractivity contribution < 1.29 is 4.79 Å². The average Bonchev–Trinajstić information content (AvgIpc) is 2.59. The fraction of sp³-hybridized carbons (Fsp3) is 0.353. The number of amides is 1. The summed E-state index contributed by atoms with van der Waals surface area (Å²) in [5, 5.41) is 8.88. The molecule has 6 heteroatoms. The second-order valence-electron chi connectivity index (χ2n) is 5.85. The van der Waals surface area contributed by atoms with Crippen molar-refractivity contribution >= 4 is 5.91 Å². The first kappa shape index (κ1) is 15.4. The van der Waals surface area contributed by atoms with Crippen molar-refractivity contribution in [2.45, 2.75) is 25.9 Å². The van der Waals surface area contributed by atoms with Crippen LogP contribution in [0.25, 0.3) is 0 Å². The molecule has 0 fully saturated rings. The van der Waals surface area contributed by atoms with Gasteiger partial charge in [0, 0.05) is 31.7 Å². The Hall–Kier alpha value is -2.47. The molecule has 0 saturated heterocycles. The standard InChI is InChI=1S/C17H20N4O2/c1-12(10-18-17(23)15-6-7-16(22)20-19-15)21-9-8-13-4-2-3-5-14(13)11-21/h2-7,12H,8-11H2,1H3,(H,18,23)(H,20,22). The molecule has 2 aromatic rings. The summed E-state index contributed by atoms with van der Waals surface area (Å²) in [6, 6.07) is 11.4. The number of aromatic nitrogens is 2. The molecule has 1 aliphatic heterocycles. The lowest BCUT2D eigenvalue weighted by atomic mass is 9.99. The molecule has 1 aliphatic rings. The number of benzene rings is 1. The summed E-state index contributed by atoms with van der Waals surface area (Å²) < 4.78 is 0. The van der Waals surface area contributed by atoms with Crippen molar-refractivity contribution in [3.63, 3.8) is 0 Å². The molecule has 120 valence electrons. The Morgan fingerprint density at radius 2 is 2.09 bits per heavy atom. The molecule has 2 heterocycles. The Morgan fingerprint density at radius 3 is 2.83 bits per heavy atom. The van der Waals surface area contributed by atoms with Gasteiger partial charge in [-0.05, 0) is 30.5 Å². The normalized spacial score (nSPS) is 15.7. The van der Waals surface area contributed by atoms with Gasteiger partial charge in [0.25, 0.3) is 11.5 Å². The van der Waals surface area contributed by atoms with Crippen LogP contribution in [-0.4, -0.2) is 40.1 Å². The zero-order valence-corrected chi connectivity index (χ0v) is 13.1. The predicted octanol–water partition coefficient (Wildman–Crippen LogP) is 0.947. The molecule has 1 amide bonds. The maximum Gasteiger partial charge on any atom is 0.271 e. The predicted molar refractivity (Wildman–Crippen MR) is 87.2 cm³/mol. The molecule has 1 aromatic carbocycles. The molecule has 2 N–H and O–H groups in total. The van der Waals surface area contributed by atoms with Crippen molar-refractivity contribution in [3.05, 3.63) is 63.6 Å². The first-order chi connectivity index (χ1) is 11.1. The van der Waals surface area contributed by atoms with E-state index in [0.717, 1.165) is 19.5 Å². The maximum atomic E-state index is 12.0. The molecule has 0 radical (unpaired) electrons. The minimum absolute atomic E-state index is 0.223. The second-order valence-corrected chi connectivity index (χ2v) is 5.85. The molecule has 1 aromatic heterocycles. The number of nitrogens with one attached hydrogen (secondary N) is 2. The van der Waals surface area contributed by atoms with Crippen LogP contribution in [0, 0.1) is 0 Å². The number of carbonyl (C=O) groups excluding carboxylic acids is 1. The summed E-state index contributed by atoms with van der Waals surface area (Å²) >= 11 is 0. The number of hydrogen-bond acceptors (Lipinski definition) is 4. The molecule has 23 heavy (non-hydrogen) atoms. The van der Waals surface area contributed by atoms with E-state index >= 15 is 0 Å². The fourth-order valence-corrected chi connectivity index (χ4v) is 2.82. The third-order valence-corrected chi connectivity index (χ3v) is 4.25. The Balaban J connectivity index is 1.56. The Kier molecular flexibility index (Phi) is 4.52. The van der Waals surface area contributed by atoms with Crippen LogP contribution >= 0.6 is 0 Å². The molecule has 1 unspecified atom stereocenters. The molecule has 0 bridgehead atoms. The molecule has 0 spiro atoms. The minimum atomic E-state index is -0.318. The van der Waals surface area contributed by atoms with E-state index in [0.29, 0.717) is 6.54 Å². The number of fused-ring (bicyclic) bond motifs is 1. The minimum Gasteiger partial charge on any atom is -0.349 e. The van der Waals surface area contributed by atoms with Gasteiger partial charge in [-0.3, -0.25) is 14.5 Å². The highest BCUT2D eigenvalue weighted by molar-refractivity contribution is 5.91. The molecule has 0 saturated carbocycles. The topological polar surface area (TPSA) is 78.1 Å². The molecule has 3 rings (SSSR count). The van der Waals surface area contributed by atoms with Crippen LogP contribution in [0.4, 0.5) is 0 Å². The smallest absolute Gasteiger partial charge is 0.271 e. The summed E-state index contributed by atoms with van der Waals surface area (Å²) in [6.07, 6.45) is 1.04. The summed E-state index contributed by atoms with van der Waals surface area (Å²) in [5.74, 6) is -0.273. The zero-order valence-electron chi connectivity index (χ0n) is 13.1. The first-order valence-corrected chi connectivity index (χ1v) is 7.78. The average molecular weight is 312 g/mol. The van der Waals surface area contributed by atoms with Gasteiger partial charge in [-0.2, -0.15) is 5.10 Å². The molecule has 1 atom stereocenters. The van der Waals surface area contributed by atoms with Gasteiger partial charge in [0.15, 0.2) is 0 Å². The van der Waals surface area contributed by atoms with E-state index in [9.17, 15) is 9.59 Å². The van der Waals surface area contributed by atoms with Gasteiger partial charge in [0.1, 0.15) is 5.69 Å². The number of carbonyl (C=O) groups is 1. The molecular weight excluding hydrogens is 292 g/mol. The lowest BCUT2D eigenvalue weighted by Crippen LogP contribution is -2.44. The lowest BCUT2D eigenvalue weighted by Gasteiger charge is -2.33. The van der Waals surface area contributed by atoms with E-state index in [1.54, 1.807) is 0 Å². The lowest BCUT2D eigenvalue weighted by molar-refractivity contribution is 0.0926. The monoisotopic (exact) mass is 312 g/mol. The van der Waals surface area contributed by atoms with Gasteiger partial charge < -0.3 is 5.32 Å². The van der Waals surface area contributed by atoms with Crippen molar-refractivity contribution in [3.8, 4) is 0 Å². The van der Waals surface area contributed by atoms with Crippen LogP contribution in [-0.2, 0) is 13.0 Å². The number of aromatic amines is 1. The van der Waals surface area contributed by atoms with Crippen molar-refractivity contribution in [2.24, 2.45) is 0 Å². The summed E-state index contributed by atoms with van der Waals surface area (Å²) in [6.45, 7) is 4.55. The van der Waals surface area contributed by atoms with E-state index in [1.807, 2.05) is 0 Å². The fourth-order valence-electron chi connectivity index (χ4n) is 2.82. The molecule has 0 aliphatic carbocycles. The van der Waals surface area contributed by atoms with Gasteiger partial charge in [0.05, 0.1) is 0 Å². The van der Waals surface area contributed by atoms with E-state index in [-0.39, 0.29) is 23.2 Å². The van der Waals surface area contributed by atoms with E-state index in [2.05, 4.69) is 51.6 Å². The second kappa shape index (κ2) is 6.75. The van der Waals surface area contributed by atoms with E-state index in [1.165, 1.54) is 23.3 Å². The van der Waals surface area contributed by atoms with Crippen molar-refractivity contribution in [2.75, 3.05) is 13.1 Å². The summed E-state index contributed by atoms with van der Waals surface area (Å²) in [4.78, 5) is 25.4.